The van der Waals surface area contributed by atoms with Crippen LogP contribution in [0.5, 0.6) is 5.75 Å². The largest absolute Gasteiger partial charge is 0.508 e. The number of likely N-dealkylation sites (N-methyl/N-ethyl adjacent to an activating group) is 1. The first-order chi connectivity index (χ1) is 6.18. The van der Waals surface area contributed by atoms with Crippen LogP contribution in [-0.4, -0.2) is 30.1 Å². The highest BCUT2D eigenvalue weighted by molar-refractivity contribution is 5.32. The van der Waals surface area contributed by atoms with Gasteiger partial charge in [0.05, 0.1) is 0 Å². The molecule has 0 bridgehead atoms. The monoisotopic (exact) mass is 177 g/mol. The third-order valence-electron chi connectivity index (χ3n) is 2.74. The van der Waals surface area contributed by atoms with Crippen LogP contribution in [0, 0.1) is 0 Å². The molecule has 0 spiro atoms. The van der Waals surface area contributed by atoms with E-state index in [0.717, 1.165) is 0 Å². The Morgan fingerprint density at radius 3 is 2.31 bits per heavy atom. The quantitative estimate of drug-likeness (QED) is 0.744. The van der Waals surface area contributed by atoms with E-state index in [0.29, 0.717) is 17.7 Å². The number of phenolic OH excluding ortho intramolecular Hbond substituents is 1. The van der Waals surface area contributed by atoms with Gasteiger partial charge in [-0.2, -0.15) is 0 Å². The van der Waals surface area contributed by atoms with Crippen molar-refractivity contribution in [1.29, 1.82) is 0 Å². The van der Waals surface area contributed by atoms with Crippen molar-refractivity contribution in [1.82, 2.24) is 4.90 Å². The van der Waals surface area contributed by atoms with Gasteiger partial charge in [-0.25, -0.2) is 0 Å². The lowest BCUT2D eigenvalue weighted by atomic mass is 10.1. The summed E-state index contributed by atoms with van der Waals surface area (Å²) in [5.74, 6) is 1.03. The van der Waals surface area contributed by atoms with Crippen LogP contribution in [0.15, 0.2) is 24.3 Å². The Morgan fingerprint density at radius 1 is 1.23 bits per heavy atom. The second-order valence-corrected chi connectivity index (χ2v) is 3.96. The van der Waals surface area contributed by atoms with Crippen LogP contribution in [0.1, 0.15) is 17.9 Å². The van der Waals surface area contributed by atoms with Crippen molar-refractivity contribution >= 4 is 0 Å². The zero-order valence-corrected chi connectivity index (χ0v) is 8.07. The molecule has 1 aromatic rings. The van der Waals surface area contributed by atoms with Gasteiger partial charge in [0.1, 0.15) is 5.75 Å². The fourth-order valence-corrected chi connectivity index (χ4v) is 1.83. The molecule has 1 saturated carbocycles. The molecule has 2 nitrogen and oxygen atoms in total. The Hall–Kier alpha value is -1.02. The Labute approximate surface area is 78.8 Å². The minimum Gasteiger partial charge on any atom is -0.508 e. The summed E-state index contributed by atoms with van der Waals surface area (Å²) < 4.78 is 0. The predicted octanol–water partition coefficient (Wildman–Crippen LogP) is 1.81. The van der Waals surface area contributed by atoms with E-state index in [1.807, 2.05) is 12.1 Å². The van der Waals surface area contributed by atoms with Gasteiger partial charge in [0.15, 0.2) is 0 Å². The lowest BCUT2D eigenvalue weighted by Gasteiger charge is -2.08. The van der Waals surface area contributed by atoms with Crippen LogP contribution >= 0.6 is 0 Å². The molecular formula is C11H15NO. The third-order valence-corrected chi connectivity index (χ3v) is 2.74. The topological polar surface area (TPSA) is 23.5 Å². The van der Waals surface area contributed by atoms with Crippen molar-refractivity contribution in [2.75, 3.05) is 14.1 Å². The standard InChI is InChI=1S/C11H15NO/c1-12(2)11-7-10(11)8-3-5-9(13)6-4-8/h3-6,10-11,13H,7H2,1-2H3. The number of nitrogens with zero attached hydrogens (tertiary/aromatic N) is 1. The molecular weight excluding hydrogens is 162 g/mol. The lowest BCUT2D eigenvalue weighted by molar-refractivity contribution is 0.391. The van der Waals surface area contributed by atoms with Gasteiger partial charge in [-0.1, -0.05) is 12.1 Å². The lowest BCUT2D eigenvalue weighted by Crippen LogP contribution is -2.15. The maximum atomic E-state index is 9.12. The van der Waals surface area contributed by atoms with E-state index in [-0.39, 0.29) is 0 Å². The van der Waals surface area contributed by atoms with Crippen LogP contribution < -0.4 is 0 Å². The van der Waals surface area contributed by atoms with Gasteiger partial charge in [0.2, 0.25) is 0 Å². The van der Waals surface area contributed by atoms with Gasteiger partial charge in [-0.05, 0) is 38.2 Å². The first-order valence-electron chi connectivity index (χ1n) is 4.64. The van der Waals surface area contributed by atoms with Crippen molar-refractivity contribution in [2.45, 2.75) is 18.4 Å². The zero-order valence-electron chi connectivity index (χ0n) is 8.07. The summed E-state index contributed by atoms with van der Waals surface area (Å²) in [6.07, 6.45) is 1.25. The highest BCUT2D eigenvalue weighted by Crippen LogP contribution is 2.43. The molecule has 2 heteroatoms. The first kappa shape index (κ1) is 8.57. The van der Waals surface area contributed by atoms with Crippen molar-refractivity contribution in [3.05, 3.63) is 29.8 Å². The summed E-state index contributed by atoms with van der Waals surface area (Å²) in [5, 5.41) is 9.12. The highest BCUT2D eigenvalue weighted by atomic mass is 16.3. The normalized spacial score (nSPS) is 26.4. The molecule has 2 unspecified atom stereocenters. The number of rotatable bonds is 2. The second-order valence-electron chi connectivity index (χ2n) is 3.96. The molecule has 70 valence electrons. The molecule has 1 fully saturated rings. The molecule has 2 atom stereocenters. The van der Waals surface area contributed by atoms with Gasteiger partial charge in [-0.3, -0.25) is 0 Å². The molecule has 0 aliphatic heterocycles. The number of hydrogen-bond donors (Lipinski definition) is 1. The van der Waals surface area contributed by atoms with Crippen LogP contribution in [-0.2, 0) is 0 Å². The summed E-state index contributed by atoms with van der Waals surface area (Å²) in [5.41, 5.74) is 1.34. The van der Waals surface area contributed by atoms with E-state index in [2.05, 4.69) is 19.0 Å². The highest BCUT2D eigenvalue weighted by Gasteiger charge is 2.39. The third kappa shape index (κ3) is 1.68. The van der Waals surface area contributed by atoms with Crippen molar-refractivity contribution in [2.24, 2.45) is 0 Å². The van der Waals surface area contributed by atoms with E-state index in [1.165, 1.54) is 12.0 Å². The van der Waals surface area contributed by atoms with E-state index >= 15 is 0 Å². The fourth-order valence-electron chi connectivity index (χ4n) is 1.83. The molecule has 0 radical (unpaired) electrons. The molecule has 0 amide bonds. The predicted molar refractivity (Wildman–Crippen MR) is 52.9 cm³/mol. The molecule has 1 aromatic carbocycles. The Balaban J connectivity index is 2.08. The van der Waals surface area contributed by atoms with Gasteiger partial charge < -0.3 is 10.0 Å². The minimum atomic E-state index is 0.353. The van der Waals surface area contributed by atoms with E-state index in [1.54, 1.807) is 12.1 Å². The van der Waals surface area contributed by atoms with E-state index in [9.17, 15) is 0 Å². The smallest absolute Gasteiger partial charge is 0.115 e. The molecule has 0 aromatic heterocycles. The van der Waals surface area contributed by atoms with Gasteiger partial charge in [0, 0.05) is 12.0 Å². The molecule has 0 heterocycles. The SMILES string of the molecule is CN(C)C1CC1c1ccc(O)cc1. The summed E-state index contributed by atoms with van der Waals surface area (Å²) in [6.45, 7) is 0. The molecule has 13 heavy (non-hydrogen) atoms. The van der Waals surface area contributed by atoms with Crippen LogP contribution in [0.25, 0.3) is 0 Å². The Morgan fingerprint density at radius 2 is 1.85 bits per heavy atom. The van der Waals surface area contributed by atoms with E-state index in [4.69, 9.17) is 5.11 Å². The summed E-state index contributed by atoms with van der Waals surface area (Å²) in [6, 6.07) is 8.26. The molecule has 1 aliphatic carbocycles. The summed E-state index contributed by atoms with van der Waals surface area (Å²) in [4.78, 5) is 2.26. The molecule has 1 aliphatic rings. The van der Waals surface area contributed by atoms with Gasteiger partial charge in [-0.15, -0.1) is 0 Å². The van der Waals surface area contributed by atoms with Crippen LogP contribution in [0.3, 0.4) is 0 Å². The van der Waals surface area contributed by atoms with Crippen LogP contribution in [0.4, 0.5) is 0 Å². The average molecular weight is 177 g/mol. The minimum absolute atomic E-state index is 0.353. The van der Waals surface area contributed by atoms with Crippen molar-refractivity contribution in [3.63, 3.8) is 0 Å². The summed E-state index contributed by atoms with van der Waals surface area (Å²) >= 11 is 0. The summed E-state index contributed by atoms with van der Waals surface area (Å²) in [7, 11) is 4.23. The van der Waals surface area contributed by atoms with Gasteiger partial charge in [0.25, 0.3) is 0 Å². The molecule has 2 rings (SSSR count). The second kappa shape index (κ2) is 3.04. The van der Waals surface area contributed by atoms with Crippen molar-refractivity contribution in [3.8, 4) is 5.75 Å². The Kier molecular flexibility index (Phi) is 2.00. The van der Waals surface area contributed by atoms with E-state index < -0.39 is 0 Å². The van der Waals surface area contributed by atoms with Crippen molar-refractivity contribution < 1.29 is 5.11 Å². The number of hydrogen-bond acceptors (Lipinski definition) is 2. The number of aromatic hydroxyl groups is 1. The van der Waals surface area contributed by atoms with Crippen LogP contribution in [0.2, 0.25) is 0 Å². The van der Waals surface area contributed by atoms with Gasteiger partial charge >= 0.3 is 0 Å². The molecule has 1 N–H and O–H groups in total. The zero-order chi connectivity index (χ0) is 9.42. The number of benzene rings is 1. The maximum absolute atomic E-state index is 9.12. The number of phenols is 1. The maximum Gasteiger partial charge on any atom is 0.115 e. The fraction of sp³-hybridized carbons (Fsp3) is 0.455. The first-order valence-corrected chi connectivity index (χ1v) is 4.64. The average Bonchev–Trinajstić information content (AvgIpc) is 2.85. The molecule has 0 saturated heterocycles. The Bertz CT molecular complexity index is 291.